The molecule has 0 unspecified atom stereocenters. The van der Waals surface area contributed by atoms with Gasteiger partial charge in [-0.3, -0.25) is 0 Å². The molecule has 2 aliphatic rings. The van der Waals surface area contributed by atoms with E-state index in [1.54, 1.807) is 0 Å². The molecule has 0 spiro atoms. The number of ether oxygens (including phenoxy) is 4. The van der Waals surface area contributed by atoms with Crippen molar-refractivity contribution in [3.05, 3.63) is 70.3 Å². The molecule has 2 aliphatic heterocycles. The third-order valence-electron chi connectivity index (χ3n) is 4.32. The number of fused-ring (bicyclic) bond motifs is 2. The van der Waals surface area contributed by atoms with Crippen LogP contribution in [0.15, 0.2) is 48.0 Å². The van der Waals surface area contributed by atoms with Gasteiger partial charge in [0, 0.05) is 11.6 Å². The highest BCUT2D eigenvalue weighted by molar-refractivity contribution is 6.15. The largest absolute Gasteiger partial charge is 0.423 e. The third-order valence-corrected chi connectivity index (χ3v) is 4.32. The van der Waals surface area contributed by atoms with Gasteiger partial charge in [-0.05, 0) is 43.3 Å². The van der Waals surface area contributed by atoms with E-state index in [1.807, 2.05) is 0 Å². The Hall–Kier alpha value is -4.60. The highest BCUT2D eigenvalue weighted by Gasteiger charge is 2.31. The first-order chi connectivity index (χ1) is 14.7. The van der Waals surface area contributed by atoms with Gasteiger partial charge in [0.15, 0.2) is 0 Å². The van der Waals surface area contributed by atoms with Crippen molar-refractivity contribution in [2.75, 3.05) is 0 Å². The van der Waals surface area contributed by atoms with Crippen LogP contribution in [0.25, 0.3) is 0 Å². The molecular weight excluding hydrogens is 412 g/mol. The van der Waals surface area contributed by atoms with E-state index in [4.69, 9.17) is 9.47 Å². The first-order valence-electron chi connectivity index (χ1n) is 8.66. The molecule has 2 aromatic rings. The summed E-state index contributed by atoms with van der Waals surface area (Å²) in [5, 5.41) is 0. The molecule has 31 heavy (non-hydrogen) atoms. The lowest BCUT2D eigenvalue weighted by atomic mass is 10.1. The first-order valence-corrected chi connectivity index (χ1v) is 8.66. The van der Waals surface area contributed by atoms with Crippen molar-refractivity contribution >= 4 is 35.8 Å². The number of benzene rings is 2. The normalized spacial score (nSPS) is 14.5. The van der Waals surface area contributed by atoms with Crippen molar-refractivity contribution in [2.45, 2.75) is 6.92 Å². The SMILES string of the molecule is C/C(=C/C(=O)Oc1ccc2c(c1)C(=O)OC2=O)C(=O)Oc1ccc2c(c1)C(=O)OC2=O. The van der Waals surface area contributed by atoms with E-state index < -0.39 is 35.8 Å². The number of rotatable bonds is 4. The summed E-state index contributed by atoms with van der Waals surface area (Å²) >= 11 is 0. The molecule has 0 amide bonds. The van der Waals surface area contributed by atoms with Crippen LogP contribution in [0.2, 0.25) is 0 Å². The monoisotopic (exact) mass is 422 g/mol. The second-order valence-electron chi connectivity index (χ2n) is 6.41. The predicted molar refractivity (Wildman–Crippen MR) is 97.4 cm³/mol. The number of carbonyl (C=O) groups excluding carboxylic acids is 6. The molecule has 2 aromatic carbocycles. The zero-order chi connectivity index (χ0) is 22.3. The predicted octanol–water partition coefficient (Wildman–Crippen LogP) is 1.77. The molecule has 4 rings (SSSR count). The van der Waals surface area contributed by atoms with Crippen LogP contribution in [0.4, 0.5) is 0 Å². The lowest BCUT2D eigenvalue weighted by Gasteiger charge is -2.06. The average molecular weight is 422 g/mol. The maximum absolute atomic E-state index is 12.2. The maximum atomic E-state index is 12.2. The number of esters is 6. The zero-order valence-electron chi connectivity index (χ0n) is 15.6. The molecule has 0 saturated heterocycles. The van der Waals surface area contributed by atoms with Gasteiger partial charge in [-0.25, -0.2) is 28.8 Å². The number of cyclic esters (lactones) is 4. The molecule has 10 heteroatoms. The Labute approximate surface area is 172 Å². The quantitative estimate of drug-likeness (QED) is 0.310. The summed E-state index contributed by atoms with van der Waals surface area (Å²) in [4.78, 5) is 70.3. The van der Waals surface area contributed by atoms with Crippen molar-refractivity contribution in [3.8, 4) is 11.5 Å². The van der Waals surface area contributed by atoms with Crippen LogP contribution in [-0.4, -0.2) is 35.8 Å². The van der Waals surface area contributed by atoms with Crippen molar-refractivity contribution in [1.29, 1.82) is 0 Å². The third kappa shape index (κ3) is 3.69. The Bertz CT molecular complexity index is 1250. The lowest BCUT2D eigenvalue weighted by molar-refractivity contribution is -0.132. The van der Waals surface area contributed by atoms with Crippen molar-refractivity contribution in [2.24, 2.45) is 0 Å². The van der Waals surface area contributed by atoms with Crippen molar-refractivity contribution in [3.63, 3.8) is 0 Å². The molecule has 0 atom stereocenters. The van der Waals surface area contributed by atoms with Gasteiger partial charge >= 0.3 is 35.8 Å². The van der Waals surface area contributed by atoms with Gasteiger partial charge in [-0.15, -0.1) is 0 Å². The molecule has 2 heterocycles. The van der Waals surface area contributed by atoms with Gasteiger partial charge in [0.05, 0.1) is 22.3 Å². The zero-order valence-corrected chi connectivity index (χ0v) is 15.6. The molecule has 0 bridgehead atoms. The Morgan fingerprint density at radius 1 is 0.710 bits per heavy atom. The molecular formula is C21H10O10. The summed E-state index contributed by atoms with van der Waals surface area (Å²) in [7, 11) is 0. The van der Waals surface area contributed by atoms with Gasteiger partial charge in [0.1, 0.15) is 11.5 Å². The van der Waals surface area contributed by atoms with E-state index in [0.29, 0.717) is 0 Å². The molecule has 10 nitrogen and oxygen atoms in total. The lowest BCUT2D eigenvalue weighted by Crippen LogP contribution is -2.13. The van der Waals surface area contributed by atoms with E-state index in [1.165, 1.54) is 43.3 Å². The Kier molecular flexibility index (Phi) is 4.66. The summed E-state index contributed by atoms with van der Waals surface area (Å²) in [6, 6.07) is 7.50. The fourth-order valence-corrected chi connectivity index (χ4v) is 2.82. The van der Waals surface area contributed by atoms with E-state index in [2.05, 4.69) is 9.47 Å². The van der Waals surface area contributed by atoms with Crippen LogP contribution in [0, 0.1) is 0 Å². The highest BCUT2D eigenvalue weighted by Crippen LogP contribution is 2.26. The smallest absolute Gasteiger partial charge is 0.347 e. The van der Waals surface area contributed by atoms with Crippen molar-refractivity contribution < 1.29 is 47.7 Å². The molecule has 0 saturated carbocycles. The second kappa shape index (κ2) is 7.34. The Morgan fingerprint density at radius 2 is 1.16 bits per heavy atom. The van der Waals surface area contributed by atoms with Crippen LogP contribution in [-0.2, 0) is 19.1 Å². The van der Waals surface area contributed by atoms with E-state index in [-0.39, 0.29) is 39.3 Å². The molecule has 0 radical (unpaired) electrons. The maximum Gasteiger partial charge on any atom is 0.347 e. The van der Waals surface area contributed by atoms with Gasteiger partial charge in [0.2, 0.25) is 0 Å². The van der Waals surface area contributed by atoms with Gasteiger partial charge in [-0.2, -0.15) is 0 Å². The number of carbonyl (C=O) groups is 6. The first kappa shape index (κ1) is 19.7. The topological polar surface area (TPSA) is 139 Å². The van der Waals surface area contributed by atoms with Crippen LogP contribution in [0.5, 0.6) is 11.5 Å². The highest BCUT2D eigenvalue weighted by atomic mass is 16.6. The van der Waals surface area contributed by atoms with Crippen LogP contribution in [0.1, 0.15) is 48.4 Å². The minimum Gasteiger partial charge on any atom is -0.423 e. The van der Waals surface area contributed by atoms with Gasteiger partial charge < -0.3 is 18.9 Å². The minimum atomic E-state index is -0.935. The number of hydrogen-bond acceptors (Lipinski definition) is 10. The molecule has 154 valence electrons. The fraction of sp³-hybridized carbons (Fsp3) is 0.0476. The molecule has 0 N–H and O–H groups in total. The fourth-order valence-electron chi connectivity index (χ4n) is 2.82. The molecule has 0 fully saturated rings. The molecule has 0 aliphatic carbocycles. The number of hydrogen-bond donors (Lipinski definition) is 0. The summed E-state index contributed by atoms with van der Waals surface area (Å²) in [5.41, 5.74) is -0.0884. The molecule has 0 aromatic heterocycles. The van der Waals surface area contributed by atoms with E-state index in [0.717, 1.165) is 6.08 Å². The summed E-state index contributed by atoms with van der Waals surface area (Å²) in [6.07, 6.45) is 0.865. The van der Waals surface area contributed by atoms with E-state index >= 15 is 0 Å². The van der Waals surface area contributed by atoms with E-state index in [9.17, 15) is 28.8 Å². The van der Waals surface area contributed by atoms with Crippen LogP contribution in [0.3, 0.4) is 0 Å². The van der Waals surface area contributed by atoms with Gasteiger partial charge in [0.25, 0.3) is 0 Å². The Balaban J connectivity index is 1.43. The van der Waals surface area contributed by atoms with Crippen LogP contribution >= 0.6 is 0 Å². The van der Waals surface area contributed by atoms with Crippen LogP contribution < -0.4 is 9.47 Å². The standard InChI is InChI=1S/C21H10O10/c1-9(17(23)29-11-3-5-13-15(8-11)21(27)31-19(13)25)6-16(22)28-10-2-4-12-14(7-10)20(26)30-18(12)24/h2-8H,1H3/b9-6-. The second-order valence-corrected chi connectivity index (χ2v) is 6.41. The summed E-state index contributed by atoms with van der Waals surface area (Å²) in [6.45, 7) is 1.30. The Morgan fingerprint density at radius 3 is 1.68 bits per heavy atom. The van der Waals surface area contributed by atoms with Crippen molar-refractivity contribution in [1.82, 2.24) is 0 Å². The minimum absolute atomic E-state index is 0.0293. The summed E-state index contributed by atoms with van der Waals surface area (Å²) < 4.78 is 19.0. The van der Waals surface area contributed by atoms with Gasteiger partial charge in [-0.1, -0.05) is 0 Å². The average Bonchev–Trinajstić information content (AvgIpc) is 3.16. The summed E-state index contributed by atoms with van der Waals surface area (Å²) in [5.74, 6) is -5.19.